The van der Waals surface area contributed by atoms with Crippen LogP contribution >= 0.6 is 11.3 Å². The first-order valence-electron chi connectivity index (χ1n) is 9.40. The van der Waals surface area contributed by atoms with Crippen molar-refractivity contribution in [1.82, 2.24) is 15.0 Å². The first-order valence-corrected chi connectivity index (χ1v) is 10.3. The van der Waals surface area contributed by atoms with Gasteiger partial charge in [-0.2, -0.15) is 0 Å². The Morgan fingerprint density at radius 2 is 2.03 bits per heavy atom. The van der Waals surface area contributed by atoms with Gasteiger partial charge in [-0.05, 0) is 53.3 Å². The van der Waals surface area contributed by atoms with E-state index in [9.17, 15) is 4.79 Å². The minimum atomic E-state index is -0.347. The van der Waals surface area contributed by atoms with Crippen molar-refractivity contribution in [2.75, 3.05) is 18.2 Å². The predicted octanol–water partition coefficient (Wildman–Crippen LogP) is 4.09. The molecule has 0 radical (unpaired) electrons. The molecule has 2 heterocycles. The highest BCUT2D eigenvalue weighted by Gasteiger charge is 2.13. The predicted molar refractivity (Wildman–Crippen MR) is 119 cm³/mol. The van der Waals surface area contributed by atoms with Gasteiger partial charge in [0.25, 0.3) is 5.91 Å². The molecule has 4 aromatic rings. The van der Waals surface area contributed by atoms with Gasteiger partial charge in [-0.1, -0.05) is 29.5 Å². The Morgan fingerprint density at radius 3 is 2.77 bits per heavy atom. The number of ether oxygens (including phenoxy) is 1. The van der Waals surface area contributed by atoms with Crippen molar-refractivity contribution >= 4 is 28.6 Å². The molecule has 0 aliphatic heterocycles. The number of carbonyl (C=O) groups is 1. The molecule has 0 aliphatic carbocycles. The smallest absolute Gasteiger partial charge is 0.277 e. The summed E-state index contributed by atoms with van der Waals surface area (Å²) in [6, 6.07) is 17.5. The molecule has 0 fully saturated rings. The number of methoxy groups -OCH3 is 1. The van der Waals surface area contributed by atoms with Gasteiger partial charge < -0.3 is 15.8 Å². The van der Waals surface area contributed by atoms with Gasteiger partial charge in [-0.3, -0.25) is 9.48 Å². The second kappa shape index (κ2) is 8.79. The number of thiophene rings is 1. The zero-order chi connectivity index (χ0) is 20.9. The van der Waals surface area contributed by atoms with E-state index >= 15 is 0 Å². The van der Waals surface area contributed by atoms with Crippen LogP contribution < -0.4 is 15.8 Å². The number of carbonyl (C=O) groups excluding carboxylic acids is 1. The van der Waals surface area contributed by atoms with Gasteiger partial charge in [0.2, 0.25) is 0 Å². The van der Waals surface area contributed by atoms with Crippen molar-refractivity contribution in [3.8, 4) is 16.2 Å². The van der Waals surface area contributed by atoms with Crippen LogP contribution in [-0.2, 0) is 13.0 Å². The molecule has 2 aromatic carbocycles. The molecular formula is C22H21N5O2S. The minimum absolute atomic E-state index is 0.241. The van der Waals surface area contributed by atoms with Crippen molar-refractivity contribution in [2.45, 2.75) is 13.0 Å². The molecule has 0 aliphatic rings. The van der Waals surface area contributed by atoms with Crippen LogP contribution in [0.3, 0.4) is 0 Å². The second-order valence-electron chi connectivity index (χ2n) is 6.70. The third-order valence-corrected chi connectivity index (χ3v) is 5.59. The number of amides is 1. The Labute approximate surface area is 178 Å². The number of anilines is 2. The summed E-state index contributed by atoms with van der Waals surface area (Å²) < 4.78 is 6.82. The summed E-state index contributed by atoms with van der Waals surface area (Å²) in [5, 5.41) is 12.9. The molecule has 30 heavy (non-hydrogen) atoms. The lowest BCUT2D eigenvalue weighted by molar-refractivity contribution is 0.102. The third-order valence-electron chi connectivity index (χ3n) is 4.67. The zero-order valence-corrected chi connectivity index (χ0v) is 17.2. The number of nitrogens with two attached hydrogens (primary N) is 1. The molecule has 0 atom stereocenters. The quantitative estimate of drug-likeness (QED) is 0.440. The summed E-state index contributed by atoms with van der Waals surface area (Å²) >= 11 is 1.63. The molecule has 0 bridgehead atoms. The number of hydrogen-bond donors (Lipinski definition) is 2. The Kier molecular flexibility index (Phi) is 5.76. The number of rotatable bonds is 7. The second-order valence-corrected chi connectivity index (χ2v) is 7.65. The van der Waals surface area contributed by atoms with E-state index in [1.54, 1.807) is 35.4 Å². The van der Waals surface area contributed by atoms with Crippen LogP contribution in [0.1, 0.15) is 16.1 Å². The van der Waals surface area contributed by atoms with Crippen molar-refractivity contribution in [3.05, 3.63) is 77.4 Å². The number of aromatic nitrogens is 3. The molecule has 152 valence electrons. The molecule has 8 heteroatoms. The lowest BCUT2D eigenvalue weighted by atomic mass is 10.1. The van der Waals surface area contributed by atoms with E-state index in [2.05, 4.69) is 15.6 Å². The van der Waals surface area contributed by atoms with Crippen molar-refractivity contribution in [2.24, 2.45) is 0 Å². The van der Waals surface area contributed by atoms with E-state index in [1.807, 2.05) is 53.9 Å². The fraction of sp³-hybridized carbons (Fsp3) is 0.136. The van der Waals surface area contributed by atoms with E-state index in [-0.39, 0.29) is 11.6 Å². The van der Waals surface area contributed by atoms with Crippen LogP contribution in [0.25, 0.3) is 10.4 Å². The van der Waals surface area contributed by atoms with Gasteiger partial charge in [0.05, 0.1) is 24.7 Å². The number of nitrogen functional groups attached to an aromatic ring is 1. The summed E-state index contributed by atoms with van der Waals surface area (Å²) in [6.07, 6.45) is 2.41. The number of nitrogens with one attached hydrogen (secondary N) is 1. The van der Waals surface area contributed by atoms with Gasteiger partial charge in [0.1, 0.15) is 5.75 Å². The molecule has 1 amide bonds. The molecule has 0 unspecified atom stereocenters. The monoisotopic (exact) mass is 419 g/mol. The number of benzene rings is 2. The van der Waals surface area contributed by atoms with Crippen molar-refractivity contribution < 1.29 is 9.53 Å². The van der Waals surface area contributed by atoms with E-state index in [0.29, 0.717) is 17.9 Å². The standard InChI is InChI=1S/C22H21N5O2S/c1-29-17-7-4-15(5-8-17)10-11-27-14-20(25-26-27)22(28)24-19-13-16(6-9-18(19)23)21-3-2-12-30-21/h2-9,12-14H,10-11,23H2,1H3,(H,24,28). The van der Waals surface area contributed by atoms with Crippen LogP contribution in [0.15, 0.2) is 66.2 Å². The molecule has 7 nitrogen and oxygen atoms in total. The van der Waals surface area contributed by atoms with Crippen LogP contribution in [0.2, 0.25) is 0 Å². The lowest BCUT2D eigenvalue weighted by Crippen LogP contribution is -2.13. The number of aryl methyl sites for hydroxylation is 2. The molecule has 0 spiro atoms. The Bertz CT molecular complexity index is 1140. The highest BCUT2D eigenvalue weighted by Crippen LogP contribution is 2.30. The Hall–Kier alpha value is -3.65. The number of nitrogens with zero attached hydrogens (tertiary/aromatic N) is 3. The highest BCUT2D eigenvalue weighted by atomic mass is 32.1. The van der Waals surface area contributed by atoms with Gasteiger partial charge in [-0.15, -0.1) is 16.4 Å². The maximum Gasteiger partial charge on any atom is 0.277 e. The minimum Gasteiger partial charge on any atom is -0.497 e. The zero-order valence-electron chi connectivity index (χ0n) is 16.4. The average molecular weight is 420 g/mol. The lowest BCUT2D eigenvalue weighted by Gasteiger charge is -2.08. The van der Waals surface area contributed by atoms with Crippen LogP contribution in [0.4, 0.5) is 11.4 Å². The van der Waals surface area contributed by atoms with E-state index in [4.69, 9.17) is 10.5 Å². The summed E-state index contributed by atoms with van der Waals surface area (Å²) in [5.74, 6) is 0.474. The molecule has 4 rings (SSSR count). The van der Waals surface area contributed by atoms with Crippen LogP contribution in [0.5, 0.6) is 5.75 Å². The SMILES string of the molecule is COc1ccc(CCn2cc(C(=O)Nc3cc(-c4cccs4)ccc3N)nn2)cc1. The molecule has 2 aromatic heterocycles. The molecule has 0 saturated carbocycles. The number of hydrogen-bond acceptors (Lipinski definition) is 6. The first kappa shape index (κ1) is 19.7. The fourth-order valence-electron chi connectivity index (χ4n) is 2.99. The first-order chi connectivity index (χ1) is 14.6. The summed E-state index contributed by atoms with van der Waals surface area (Å²) in [4.78, 5) is 13.7. The maximum absolute atomic E-state index is 12.6. The summed E-state index contributed by atoms with van der Waals surface area (Å²) in [7, 11) is 1.64. The molecular weight excluding hydrogens is 398 g/mol. The maximum atomic E-state index is 12.6. The third kappa shape index (κ3) is 4.49. The normalized spacial score (nSPS) is 10.7. The fourth-order valence-corrected chi connectivity index (χ4v) is 3.72. The van der Waals surface area contributed by atoms with E-state index in [0.717, 1.165) is 28.2 Å². The summed E-state index contributed by atoms with van der Waals surface area (Å²) in [5.41, 5.74) is 9.48. The average Bonchev–Trinajstić information content (AvgIpc) is 3.46. The van der Waals surface area contributed by atoms with Crippen molar-refractivity contribution in [1.29, 1.82) is 0 Å². The van der Waals surface area contributed by atoms with Crippen molar-refractivity contribution in [3.63, 3.8) is 0 Å². The van der Waals surface area contributed by atoms with Gasteiger partial charge in [-0.25, -0.2) is 0 Å². The molecule has 3 N–H and O–H groups in total. The molecule has 0 saturated heterocycles. The Morgan fingerprint density at radius 1 is 1.20 bits per heavy atom. The van der Waals surface area contributed by atoms with E-state index < -0.39 is 0 Å². The highest BCUT2D eigenvalue weighted by molar-refractivity contribution is 7.13. The summed E-state index contributed by atoms with van der Waals surface area (Å²) in [6.45, 7) is 0.614. The van der Waals surface area contributed by atoms with Gasteiger partial charge in [0, 0.05) is 11.4 Å². The Balaban J connectivity index is 1.41. The van der Waals surface area contributed by atoms with E-state index in [1.165, 1.54) is 0 Å². The van der Waals surface area contributed by atoms with Crippen LogP contribution in [-0.4, -0.2) is 28.0 Å². The topological polar surface area (TPSA) is 95.1 Å². The van der Waals surface area contributed by atoms with Gasteiger partial charge in [0.15, 0.2) is 5.69 Å². The van der Waals surface area contributed by atoms with Crippen LogP contribution in [0, 0.1) is 0 Å². The largest absolute Gasteiger partial charge is 0.497 e. The van der Waals surface area contributed by atoms with Gasteiger partial charge >= 0.3 is 0 Å².